The van der Waals surface area contributed by atoms with Gasteiger partial charge in [0.25, 0.3) is 5.91 Å². The number of benzene rings is 1. The Labute approximate surface area is 149 Å². The summed E-state index contributed by atoms with van der Waals surface area (Å²) >= 11 is 1.43. The molecular formula is C18H18N4O2S. The number of carbonyl (C=O) groups excluding carboxylic acids is 1. The van der Waals surface area contributed by atoms with Crippen LogP contribution in [0.15, 0.2) is 42.9 Å². The number of aromatic nitrogens is 3. The van der Waals surface area contributed by atoms with E-state index in [1.165, 1.54) is 11.3 Å². The number of thiazole rings is 1. The van der Waals surface area contributed by atoms with Gasteiger partial charge < -0.3 is 10.1 Å². The smallest absolute Gasteiger partial charge is 0.280 e. The topological polar surface area (TPSA) is 77.0 Å². The lowest BCUT2D eigenvalue weighted by molar-refractivity contribution is 0.0889. The lowest BCUT2D eigenvalue weighted by Crippen LogP contribution is -2.39. The van der Waals surface area contributed by atoms with E-state index >= 15 is 0 Å². The van der Waals surface area contributed by atoms with Crippen LogP contribution in [-0.2, 0) is 0 Å². The van der Waals surface area contributed by atoms with Gasteiger partial charge in [0.05, 0.1) is 16.4 Å². The Kier molecular flexibility index (Phi) is 4.56. The monoisotopic (exact) mass is 354 g/mol. The van der Waals surface area contributed by atoms with Crippen LogP contribution in [0.1, 0.15) is 35.5 Å². The summed E-state index contributed by atoms with van der Waals surface area (Å²) in [5, 5.41) is 3.63. The Morgan fingerprint density at radius 3 is 2.76 bits per heavy atom. The maximum absolute atomic E-state index is 12.4. The predicted octanol–water partition coefficient (Wildman–Crippen LogP) is 3.21. The average molecular weight is 354 g/mol. The average Bonchev–Trinajstić information content (AvgIpc) is 3.09. The molecule has 25 heavy (non-hydrogen) atoms. The van der Waals surface area contributed by atoms with Crippen molar-refractivity contribution in [3.8, 4) is 5.88 Å². The molecule has 0 radical (unpaired) electrons. The lowest BCUT2D eigenvalue weighted by Gasteiger charge is -2.28. The molecule has 0 aliphatic heterocycles. The molecule has 1 fully saturated rings. The van der Waals surface area contributed by atoms with E-state index in [1.54, 1.807) is 18.6 Å². The van der Waals surface area contributed by atoms with E-state index in [0.29, 0.717) is 10.9 Å². The molecule has 0 saturated heterocycles. The molecule has 1 aromatic carbocycles. The summed E-state index contributed by atoms with van der Waals surface area (Å²) < 4.78 is 6.87. The quantitative estimate of drug-likeness (QED) is 0.778. The van der Waals surface area contributed by atoms with Crippen molar-refractivity contribution in [1.82, 2.24) is 20.3 Å². The molecule has 1 aliphatic carbocycles. The summed E-state index contributed by atoms with van der Waals surface area (Å²) in [7, 11) is 0. The van der Waals surface area contributed by atoms with E-state index in [0.717, 1.165) is 35.9 Å². The normalized spacial score (nSPS) is 20.3. The fraction of sp³-hybridized carbons (Fsp3) is 0.333. The third-order valence-electron chi connectivity index (χ3n) is 4.32. The third-order valence-corrected chi connectivity index (χ3v) is 5.36. The van der Waals surface area contributed by atoms with Crippen molar-refractivity contribution in [3.05, 3.63) is 47.9 Å². The molecule has 0 bridgehead atoms. The molecule has 6 nitrogen and oxygen atoms in total. The predicted molar refractivity (Wildman–Crippen MR) is 95.8 cm³/mol. The van der Waals surface area contributed by atoms with Crippen LogP contribution in [0, 0.1) is 0 Å². The van der Waals surface area contributed by atoms with Gasteiger partial charge in [-0.25, -0.2) is 9.97 Å². The maximum atomic E-state index is 12.4. The minimum absolute atomic E-state index is 0.0838. The molecule has 128 valence electrons. The van der Waals surface area contributed by atoms with Gasteiger partial charge in [-0.2, -0.15) is 0 Å². The van der Waals surface area contributed by atoms with Crippen LogP contribution >= 0.6 is 11.3 Å². The number of para-hydroxylation sites is 1. The van der Waals surface area contributed by atoms with Crippen molar-refractivity contribution < 1.29 is 9.53 Å². The Morgan fingerprint density at radius 1 is 1.16 bits per heavy atom. The minimum Gasteiger partial charge on any atom is -0.473 e. The standard InChI is InChI=1S/C18H18N4O2S/c23-17(18-22-14-3-1-2-4-15(14)25-18)21-12-5-7-13(8-6-12)24-16-11-19-9-10-20-16/h1-4,9-13H,5-8H2,(H,21,23). The van der Waals surface area contributed by atoms with Crippen LogP contribution in [0.25, 0.3) is 10.2 Å². The highest BCUT2D eigenvalue weighted by atomic mass is 32.1. The SMILES string of the molecule is O=C(NC1CCC(Oc2cnccn2)CC1)c1nc2ccccc2s1. The number of fused-ring (bicyclic) bond motifs is 1. The van der Waals surface area contributed by atoms with Crippen molar-refractivity contribution >= 4 is 27.5 Å². The van der Waals surface area contributed by atoms with Crippen LogP contribution in [0.4, 0.5) is 0 Å². The number of hydrogen-bond acceptors (Lipinski definition) is 6. The summed E-state index contributed by atoms with van der Waals surface area (Å²) in [6.07, 6.45) is 8.57. The summed E-state index contributed by atoms with van der Waals surface area (Å²) in [6.45, 7) is 0. The largest absolute Gasteiger partial charge is 0.473 e. The number of hydrogen-bond donors (Lipinski definition) is 1. The number of carbonyl (C=O) groups is 1. The molecule has 1 amide bonds. The zero-order chi connectivity index (χ0) is 17.1. The third kappa shape index (κ3) is 3.76. The lowest BCUT2D eigenvalue weighted by atomic mass is 9.93. The first-order valence-electron chi connectivity index (χ1n) is 8.37. The van der Waals surface area contributed by atoms with Gasteiger partial charge in [-0.15, -0.1) is 11.3 Å². The van der Waals surface area contributed by atoms with Gasteiger partial charge in [0.1, 0.15) is 6.10 Å². The molecular weight excluding hydrogens is 336 g/mol. The number of amides is 1. The molecule has 1 N–H and O–H groups in total. The Hall–Kier alpha value is -2.54. The van der Waals surface area contributed by atoms with Crippen molar-refractivity contribution in [2.24, 2.45) is 0 Å². The zero-order valence-electron chi connectivity index (χ0n) is 13.6. The Bertz CT molecular complexity index is 827. The second kappa shape index (κ2) is 7.14. The van der Waals surface area contributed by atoms with E-state index in [2.05, 4.69) is 20.3 Å². The van der Waals surface area contributed by atoms with E-state index in [4.69, 9.17) is 4.74 Å². The molecule has 4 rings (SSSR count). The van der Waals surface area contributed by atoms with E-state index in [1.807, 2.05) is 24.3 Å². The summed E-state index contributed by atoms with van der Waals surface area (Å²) in [4.78, 5) is 25.0. The number of rotatable bonds is 4. The summed E-state index contributed by atoms with van der Waals surface area (Å²) in [6, 6.07) is 7.97. The highest BCUT2D eigenvalue weighted by Crippen LogP contribution is 2.24. The van der Waals surface area contributed by atoms with Crippen molar-refractivity contribution in [3.63, 3.8) is 0 Å². The first-order chi connectivity index (χ1) is 12.3. The van der Waals surface area contributed by atoms with Gasteiger partial charge in [0, 0.05) is 18.4 Å². The van der Waals surface area contributed by atoms with Crippen molar-refractivity contribution in [2.45, 2.75) is 37.8 Å². The maximum Gasteiger partial charge on any atom is 0.280 e. The highest BCUT2D eigenvalue weighted by Gasteiger charge is 2.25. The fourth-order valence-electron chi connectivity index (χ4n) is 3.06. The van der Waals surface area contributed by atoms with Crippen molar-refractivity contribution in [2.75, 3.05) is 0 Å². The van der Waals surface area contributed by atoms with E-state index in [9.17, 15) is 4.79 Å². The molecule has 7 heteroatoms. The fourth-order valence-corrected chi connectivity index (χ4v) is 3.93. The van der Waals surface area contributed by atoms with Crippen molar-refractivity contribution in [1.29, 1.82) is 0 Å². The number of ether oxygens (including phenoxy) is 1. The minimum atomic E-state index is -0.0838. The summed E-state index contributed by atoms with van der Waals surface area (Å²) in [5.41, 5.74) is 0.874. The second-order valence-electron chi connectivity index (χ2n) is 6.10. The molecule has 3 aromatic rings. The van der Waals surface area contributed by atoms with Gasteiger partial charge in [-0.1, -0.05) is 12.1 Å². The molecule has 0 atom stereocenters. The molecule has 0 unspecified atom stereocenters. The number of nitrogens with one attached hydrogen (secondary N) is 1. The first kappa shape index (κ1) is 16.0. The molecule has 0 spiro atoms. The van der Waals surface area contributed by atoms with Crippen LogP contribution in [0.3, 0.4) is 0 Å². The molecule has 2 aromatic heterocycles. The Morgan fingerprint density at radius 2 is 2.00 bits per heavy atom. The Balaban J connectivity index is 1.31. The first-order valence-corrected chi connectivity index (χ1v) is 9.19. The highest BCUT2D eigenvalue weighted by molar-refractivity contribution is 7.20. The van der Waals surface area contributed by atoms with Gasteiger partial charge in [-0.3, -0.25) is 9.78 Å². The summed E-state index contributed by atoms with van der Waals surface area (Å²) in [5.74, 6) is 0.476. The van der Waals surface area contributed by atoms with Crippen LogP contribution in [0.5, 0.6) is 5.88 Å². The van der Waals surface area contributed by atoms with E-state index in [-0.39, 0.29) is 18.1 Å². The van der Waals surface area contributed by atoms with Gasteiger partial charge >= 0.3 is 0 Å². The molecule has 2 heterocycles. The number of nitrogens with zero attached hydrogens (tertiary/aromatic N) is 3. The zero-order valence-corrected chi connectivity index (χ0v) is 14.4. The second-order valence-corrected chi connectivity index (χ2v) is 7.13. The van der Waals surface area contributed by atoms with Gasteiger partial charge in [0.15, 0.2) is 5.01 Å². The molecule has 1 saturated carbocycles. The van der Waals surface area contributed by atoms with E-state index < -0.39 is 0 Å². The van der Waals surface area contributed by atoms with Crippen LogP contribution in [-0.4, -0.2) is 33.0 Å². The molecule has 1 aliphatic rings. The van der Waals surface area contributed by atoms with Crippen LogP contribution in [0.2, 0.25) is 0 Å². The van der Waals surface area contributed by atoms with Gasteiger partial charge in [-0.05, 0) is 37.8 Å². The van der Waals surface area contributed by atoms with Gasteiger partial charge in [0.2, 0.25) is 5.88 Å². The van der Waals surface area contributed by atoms with Crippen LogP contribution < -0.4 is 10.1 Å².